The summed E-state index contributed by atoms with van der Waals surface area (Å²) in [5.41, 5.74) is 2.76. The number of carbonyl (C=O) groups excluding carboxylic acids is 2. The third-order valence-corrected chi connectivity index (χ3v) is 3.71. The molecular formula is C17H19N3O2. The van der Waals surface area contributed by atoms with E-state index in [1.54, 1.807) is 13.0 Å². The van der Waals surface area contributed by atoms with E-state index in [1.165, 1.54) is 0 Å². The standard InChI is InChI=1S/C17H19N3O2/c1-3-16(21)19-12-8-14(17(22)20-11-5-6-11)13-7-4-10(2)18-15(13)9-12/h4,7-9,11H,3,5-6H2,1-2H3,(H,19,21)(H,20,22). The van der Waals surface area contributed by atoms with Crippen molar-refractivity contribution in [3.8, 4) is 0 Å². The molecule has 3 rings (SSSR count). The molecule has 2 aromatic rings. The van der Waals surface area contributed by atoms with Gasteiger partial charge in [0.1, 0.15) is 0 Å². The van der Waals surface area contributed by atoms with Crippen LogP contribution in [0.2, 0.25) is 0 Å². The molecule has 22 heavy (non-hydrogen) atoms. The van der Waals surface area contributed by atoms with E-state index in [9.17, 15) is 9.59 Å². The normalized spacial score (nSPS) is 13.9. The molecule has 5 nitrogen and oxygen atoms in total. The molecule has 0 bridgehead atoms. The molecule has 1 heterocycles. The average molecular weight is 297 g/mol. The minimum absolute atomic E-state index is 0.0828. The number of anilines is 1. The number of hydrogen-bond acceptors (Lipinski definition) is 3. The Labute approximate surface area is 129 Å². The van der Waals surface area contributed by atoms with Gasteiger partial charge in [-0.1, -0.05) is 13.0 Å². The van der Waals surface area contributed by atoms with Gasteiger partial charge in [0.05, 0.1) is 11.1 Å². The molecule has 1 saturated carbocycles. The third-order valence-electron chi connectivity index (χ3n) is 3.71. The summed E-state index contributed by atoms with van der Waals surface area (Å²) in [6, 6.07) is 7.62. The largest absolute Gasteiger partial charge is 0.349 e. The van der Waals surface area contributed by atoms with Crippen molar-refractivity contribution in [2.24, 2.45) is 0 Å². The predicted octanol–water partition coefficient (Wildman–Crippen LogP) is 2.78. The predicted molar refractivity (Wildman–Crippen MR) is 85.9 cm³/mol. The van der Waals surface area contributed by atoms with E-state index in [4.69, 9.17) is 0 Å². The van der Waals surface area contributed by atoms with Crippen LogP contribution in [-0.2, 0) is 4.79 Å². The first-order valence-corrected chi connectivity index (χ1v) is 7.59. The van der Waals surface area contributed by atoms with Crippen LogP contribution in [0.5, 0.6) is 0 Å². The number of fused-ring (bicyclic) bond motifs is 1. The lowest BCUT2D eigenvalue weighted by atomic mass is 10.1. The number of aryl methyl sites for hydroxylation is 1. The van der Waals surface area contributed by atoms with E-state index < -0.39 is 0 Å². The maximum atomic E-state index is 12.4. The second-order valence-electron chi connectivity index (χ2n) is 5.69. The molecule has 1 aromatic heterocycles. The Bertz CT molecular complexity index is 751. The third kappa shape index (κ3) is 3.08. The Morgan fingerprint density at radius 1 is 1.27 bits per heavy atom. The highest BCUT2D eigenvalue weighted by Crippen LogP contribution is 2.25. The molecule has 0 radical (unpaired) electrons. The van der Waals surface area contributed by atoms with Gasteiger partial charge in [-0.15, -0.1) is 0 Å². The molecule has 2 N–H and O–H groups in total. The number of carbonyl (C=O) groups is 2. The monoisotopic (exact) mass is 297 g/mol. The van der Waals surface area contributed by atoms with Crippen molar-refractivity contribution >= 4 is 28.4 Å². The van der Waals surface area contributed by atoms with Crippen molar-refractivity contribution in [1.82, 2.24) is 10.3 Å². The fourth-order valence-corrected chi connectivity index (χ4v) is 2.34. The van der Waals surface area contributed by atoms with Crippen molar-refractivity contribution in [1.29, 1.82) is 0 Å². The van der Waals surface area contributed by atoms with E-state index in [0.29, 0.717) is 17.7 Å². The van der Waals surface area contributed by atoms with Crippen molar-refractivity contribution in [3.05, 3.63) is 35.5 Å². The number of benzene rings is 1. The number of pyridine rings is 1. The molecule has 0 aliphatic heterocycles. The van der Waals surface area contributed by atoms with E-state index >= 15 is 0 Å². The molecule has 114 valence electrons. The van der Waals surface area contributed by atoms with Gasteiger partial charge in [-0.05, 0) is 38.0 Å². The summed E-state index contributed by atoms with van der Waals surface area (Å²) < 4.78 is 0. The molecule has 5 heteroatoms. The topological polar surface area (TPSA) is 71.1 Å². The van der Waals surface area contributed by atoms with Gasteiger partial charge in [0.25, 0.3) is 5.91 Å². The Kier molecular flexibility index (Phi) is 3.79. The maximum Gasteiger partial charge on any atom is 0.252 e. The molecular weight excluding hydrogens is 278 g/mol. The van der Waals surface area contributed by atoms with Gasteiger partial charge in [-0.25, -0.2) is 0 Å². The van der Waals surface area contributed by atoms with E-state index in [-0.39, 0.29) is 17.9 Å². The van der Waals surface area contributed by atoms with Gasteiger partial charge in [0.15, 0.2) is 0 Å². The first kappa shape index (κ1) is 14.5. The van der Waals surface area contributed by atoms with Crippen LogP contribution in [0.1, 0.15) is 42.2 Å². The van der Waals surface area contributed by atoms with Crippen molar-refractivity contribution < 1.29 is 9.59 Å². The van der Waals surface area contributed by atoms with Crippen molar-refractivity contribution in [3.63, 3.8) is 0 Å². The number of nitrogens with zero attached hydrogens (tertiary/aromatic N) is 1. The zero-order chi connectivity index (χ0) is 15.7. The Morgan fingerprint density at radius 3 is 2.73 bits per heavy atom. The fraction of sp³-hybridized carbons (Fsp3) is 0.353. The maximum absolute atomic E-state index is 12.4. The zero-order valence-corrected chi connectivity index (χ0v) is 12.8. The molecule has 1 aromatic carbocycles. The van der Waals surface area contributed by atoms with Crippen LogP contribution in [0, 0.1) is 6.92 Å². The van der Waals surface area contributed by atoms with Crippen LogP contribution in [0.25, 0.3) is 10.9 Å². The van der Waals surface area contributed by atoms with Crippen LogP contribution in [0.3, 0.4) is 0 Å². The summed E-state index contributed by atoms with van der Waals surface area (Å²) in [6.07, 6.45) is 2.46. The first-order valence-electron chi connectivity index (χ1n) is 7.59. The molecule has 0 spiro atoms. The van der Waals surface area contributed by atoms with Gasteiger partial charge >= 0.3 is 0 Å². The van der Waals surface area contributed by atoms with E-state index in [2.05, 4.69) is 15.6 Å². The van der Waals surface area contributed by atoms with Crippen LogP contribution in [-0.4, -0.2) is 22.8 Å². The molecule has 0 atom stereocenters. The van der Waals surface area contributed by atoms with E-state index in [0.717, 1.165) is 29.4 Å². The summed E-state index contributed by atoms with van der Waals surface area (Å²) in [6.45, 7) is 3.69. The van der Waals surface area contributed by atoms with Crippen LogP contribution in [0.15, 0.2) is 24.3 Å². The minimum Gasteiger partial charge on any atom is -0.349 e. The number of nitrogens with one attached hydrogen (secondary N) is 2. The summed E-state index contributed by atoms with van der Waals surface area (Å²) in [7, 11) is 0. The van der Waals surface area contributed by atoms with Crippen LogP contribution < -0.4 is 10.6 Å². The number of hydrogen-bond donors (Lipinski definition) is 2. The summed E-state index contributed by atoms with van der Waals surface area (Å²) in [4.78, 5) is 28.5. The second kappa shape index (κ2) is 5.75. The van der Waals surface area contributed by atoms with Crippen LogP contribution >= 0.6 is 0 Å². The number of amides is 2. The lowest BCUT2D eigenvalue weighted by Crippen LogP contribution is -2.25. The number of rotatable bonds is 4. The lowest BCUT2D eigenvalue weighted by Gasteiger charge is -2.11. The van der Waals surface area contributed by atoms with Gasteiger partial charge in [-0.2, -0.15) is 0 Å². The SMILES string of the molecule is CCC(=O)Nc1cc(C(=O)NC2CC2)c2ccc(C)nc2c1. The van der Waals surface area contributed by atoms with Gasteiger partial charge in [0.2, 0.25) is 5.91 Å². The fourth-order valence-electron chi connectivity index (χ4n) is 2.34. The molecule has 1 fully saturated rings. The van der Waals surface area contributed by atoms with Crippen molar-refractivity contribution in [2.45, 2.75) is 39.2 Å². The minimum atomic E-state index is -0.106. The molecule has 1 aliphatic carbocycles. The molecule has 1 aliphatic rings. The summed E-state index contributed by atoms with van der Waals surface area (Å²) >= 11 is 0. The summed E-state index contributed by atoms with van der Waals surface area (Å²) in [5, 5.41) is 6.60. The average Bonchev–Trinajstić information content (AvgIpc) is 3.29. The molecule has 2 amide bonds. The van der Waals surface area contributed by atoms with Gasteiger partial charge < -0.3 is 10.6 Å². The van der Waals surface area contributed by atoms with Crippen molar-refractivity contribution in [2.75, 3.05) is 5.32 Å². The quantitative estimate of drug-likeness (QED) is 0.911. The highest BCUT2D eigenvalue weighted by Gasteiger charge is 2.25. The van der Waals surface area contributed by atoms with Gasteiger partial charge in [0, 0.05) is 29.2 Å². The highest BCUT2D eigenvalue weighted by atomic mass is 16.2. The Hall–Kier alpha value is -2.43. The molecule has 0 saturated heterocycles. The number of aromatic nitrogens is 1. The van der Waals surface area contributed by atoms with Crippen LogP contribution in [0.4, 0.5) is 5.69 Å². The second-order valence-corrected chi connectivity index (χ2v) is 5.69. The smallest absolute Gasteiger partial charge is 0.252 e. The first-order chi connectivity index (χ1) is 10.6. The van der Waals surface area contributed by atoms with E-state index in [1.807, 2.05) is 25.1 Å². The Balaban J connectivity index is 2.05. The summed E-state index contributed by atoms with van der Waals surface area (Å²) in [5.74, 6) is -0.189. The Morgan fingerprint density at radius 2 is 2.05 bits per heavy atom. The molecule has 0 unspecified atom stereocenters. The highest BCUT2D eigenvalue weighted by molar-refractivity contribution is 6.08. The van der Waals surface area contributed by atoms with Gasteiger partial charge in [-0.3, -0.25) is 14.6 Å². The lowest BCUT2D eigenvalue weighted by molar-refractivity contribution is -0.115. The zero-order valence-electron chi connectivity index (χ0n) is 12.8.